The first-order chi connectivity index (χ1) is 15.5. The highest BCUT2D eigenvalue weighted by atomic mass is 16.7. The van der Waals surface area contributed by atoms with Crippen molar-refractivity contribution in [2.24, 2.45) is 28.6 Å². The van der Waals surface area contributed by atoms with E-state index in [9.17, 15) is 4.79 Å². The number of methoxy groups -OCH3 is 1. The highest BCUT2D eigenvalue weighted by molar-refractivity contribution is 5.69. The van der Waals surface area contributed by atoms with Gasteiger partial charge < -0.3 is 23.7 Å². The standard InChI is InChI=1S/C26H38O6/c1-23-8-5-21-19(20(23)6-10-26(23)31-15-16-32-26)4-3-18-17-25(29-13-14-30-25)12-11-24(18,21)9-7-22(27)28-2/h3,19-21H,4-17H2,1-2H3/t19-,20-,21-,23-,24-/m0/s1. The molecule has 6 rings (SSSR count). The summed E-state index contributed by atoms with van der Waals surface area (Å²) in [7, 11) is 1.50. The first-order valence-corrected chi connectivity index (χ1v) is 12.8. The largest absolute Gasteiger partial charge is 0.469 e. The summed E-state index contributed by atoms with van der Waals surface area (Å²) in [4.78, 5) is 12.2. The zero-order chi connectivity index (χ0) is 22.0. The molecule has 0 amide bonds. The third-order valence-electron chi connectivity index (χ3n) is 10.4. The lowest BCUT2D eigenvalue weighted by Crippen LogP contribution is -2.56. The average Bonchev–Trinajstić information content (AvgIpc) is 3.53. The number of hydrogen-bond donors (Lipinski definition) is 0. The van der Waals surface area contributed by atoms with Gasteiger partial charge in [-0.25, -0.2) is 0 Å². The van der Waals surface area contributed by atoms with Gasteiger partial charge in [-0.15, -0.1) is 0 Å². The Bertz CT molecular complexity index is 794. The maximum absolute atomic E-state index is 12.2. The molecule has 2 heterocycles. The van der Waals surface area contributed by atoms with Gasteiger partial charge in [0.15, 0.2) is 11.6 Å². The first kappa shape index (κ1) is 21.6. The molecule has 6 aliphatic rings. The van der Waals surface area contributed by atoms with Crippen LogP contribution in [0.4, 0.5) is 0 Å². The van der Waals surface area contributed by atoms with Gasteiger partial charge >= 0.3 is 5.97 Å². The fourth-order valence-corrected chi connectivity index (χ4v) is 8.94. The van der Waals surface area contributed by atoms with Crippen LogP contribution < -0.4 is 0 Å². The Morgan fingerprint density at radius 1 is 1.00 bits per heavy atom. The van der Waals surface area contributed by atoms with Crippen LogP contribution in [0.3, 0.4) is 0 Å². The molecule has 0 unspecified atom stereocenters. The Labute approximate surface area is 191 Å². The van der Waals surface area contributed by atoms with Gasteiger partial charge in [-0.3, -0.25) is 4.79 Å². The van der Waals surface area contributed by atoms with E-state index >= 15 is 0 Å². The molecule has 5 fully saturated rings. The average molecular weight is 447 g/mol. The van der Waals surface area contributed by atoms with Gasteiger partial charge in [-0.1, -0.05) is 18.6 Å². The van der Waals surface area contributed by atoms with Gasteiger partial charge in [0.25, 0.3) is 0 Å². The zero-order valence-electron chi connectivity index (χ0n) is 19.7. The van der Waals surface area contributed by atoms with Crippen LogP contribution in [0.1, 0.15) is 71.1 Å². The smallest absolute Gasteiger partial charge is 0.305 e. The maximum Gasteiger partial charge on any atom is 0.305 e. The van der Waals surface area contributed by atoms with Gasteiger partial charge in [0.1, 0.15) is 0 Å². The molecule has 3 saturated carbocycles. The van der Waals surface area contributed by atoms with Crippen molar-refractivity contribution in [3.63, 3.8) is 0 Å². The lowest BCUT2D eigenvalue weighted by atomic mass is 9.46. The second-order valence-electron chi connectivity index (χ2n) is 11.3. The topological polar surface area (TPSA) is 63.2 Å². The summed E-state index contributed by atoms with van der Waals surface area (Å²) in [5, 5.41) is 0. The Morgan fingerprint density at radius 2 is 1.72 bits per heavy atom. The first-order valence-electron chi connectivity index (χ1n) is 12.8. The number of esters is 1. The van der Waals surface area contributed by atoms with Crippen molar-refractivity contribution < 1.29 is 28.5 Å². The molecule has 6 heteroatoms. The van der Waals surface area contributed by atoms with Crippen molar-refractivity contribution in [3.05, 3.63) is 11.6 Å². The van der Waals surface area contributed by atoms with Gasteiger partial charge in [-0.2, -0.15) is 0 Å². The highest BCUT2D eigenvalue weighted by Gasteiger charge is 2.67. The van der Waals surface area contributed by atoms with E-state index in [1.165, 1.54) is 25.5 Å². The van der Waals surface area contributed by atoms with Gasteiger partial charge in [0.2, 0.25) is 0 Å². The van der Waals surface area contributed by atoms with Crippen LogP contribution >= 0.6 is 0 Å². The molecule has 0 radical (unpaired) electrons. The Kier molecular flexibility index (Phi) is 5.07. The van der Waals surface area contributed by atoms with E-state index in [1.807, 2.05) is 0 Å². The van der Waals surface area contributed by atoms with Gasteiger partial charge in [-0.05, 0) is 61.7 Å². The summed E-state index contributed by atoms with van der Waals surface area (Å²) < 4.78 is 29.9. The predicted octanol–water partition coefficient (Wildman–Crippen LogP) is 4.37. The molecule has 2 saturated heterocycles. The lowest BCUT2D eigenvalue weighted by molar-refractivity contribution is -0.244. The van der Waals surface area contributed by atoms with Crippen LogP contribution in [0.2, 0.25) is 0 Å². The molecule has 6 nitrogen and oxygen atoms in total. The molecule has 4 aliphatic carbocycles. The van der Waals surface area contributed by atoms with Gasteiger partial charge in [0, 0.05) is 31.1 Å². The monoisotopic (exact) mass is 446 g/mol. The number of allylic oxidation sites excluding steroid dienone is 1. The van der Waals surface area contributed by atoms with Crippen LogP contribution in [0, 0.1) is 28.6 Å². The highest BCUT2D eigenvalue weighted by Crippen LogP contribution is 2.70. The SMILES string of the molecule is COC(=O)CC[C@]12CCC3(CC1=CC[C@@H]1[C@@H]2CC[C@@]2(C)[C@H]1CCC21OCCO1)OCCO3. The summed E-state index contributed by atoms with van der Waals surface area (Å²) in [6, 6.07) is 0. The Hall–Kier alpha value is -0.950. The maximum atomic E-state index is 12.2. The number of carbonyl (C=O) groups is 1. The fraction of sp³-hybridized carbons (Fsp3) is 0.885. The molecule has 0 aromatic heterocycles. The van der Waals surface area contributed by atoms with Crippen molar-refractivity contribution in [1.29, 1.82) is 0 Å². The molecule has 0 bridgehead atoms. The lowest BCUT2D eigenvalue weighted by Gasteiger charge is -2.60. The van der Waals surface area contributed by atoms with E-state index in [1.54, 1.807) is 0 Å². The fourth-order valence-electron chi connectivity index (χ4n) is 8.94. The van der Waals surface area contributed by atoms with E-state index in [0.29, 0.717) is 37.4 Å². The zero-order valence-corrected chi connectivity index (χ0v) is 19.7. The van der Waals surface area contributed by atoms with Crippen LogP contribution in [-0.4, -0.2) is 51.1 Å². The molecular weight excluding hydrogens is 408 g/mol. The van der Waals surface area contributed by atoms with Crippen molar-refractivity contribution in [1.82, 2.24) is 0 Å². The number of fused-ring (bicyclic) bond motifs is 6. The summed E-state index contributed by atoms with van der Waals surface area (Å²) in [6.45, 7) is 5.27. The van der Waals surface area contributed by atoms with Crippen molar-refractivity contribution >= 4 is 5.97 Å². The summed E-state index contributed by atoms with van der Waals surface area (Å²) >= 11 is 0. The van der Waals surface area contributed by atoms with Crippen LogP contribution in [0.15, 0.2) is 11.6 Å². The van der Waals surface area contributed by atoms with Crippen molar-refractivity contribution in [3.8, 4) is 0 Å². The molecule has 0 N–H and O–H groups in total. The molecule has 2 spiro atoms. The second-order valence-corrected chi connectivity index (χ2v) is 11.3. The van der Waals surface area contributed by atoms with Crippen LogP contribution in [-0.2, 0) is 28.5 Å². The number of hydrogen-bond acceptors (Lipinski definition) is 6. The summed E-state index contributed by atoms with van der Waals surface area (Å²) in [6.07, 6.45) is 12.3. The number of ether oxygens (including phenoxy) is 5. The Morgan fingerprint density at radius 3 is 2.47 bits per heavy atom. The minimum atomic E-state index is -0.431. The second kappa shape index (κ2) is 7.53. The van der Waals surface area contributed by atoms with Crippen LogP contribution in [0.25, 0.3) is 0 Å². The van der Waals surface area contributed by atoms with Crippen LogP contribution in [0.5, 0.6) is 0 Å². The van der Waals surface area contributed by atoms with E-state index in [2.05, 4.69) is 13.0 Å². The molecule has 178 valence electrons. The third-order valence-corrected chi connectivity index (χ3v) is 10.4. The minimum absolute atomic E-state index is 0.0616. The molecule has 0 aromatic carbocycles. The molecule has 32 heavy (non-hydrogen) atoms. The molecule has 0 aromatic rings. The molecule has 5 atom stereocenters. The summed E-state index contributed by atoms with van der Waals surface area (Å²) in [5.74, 6) is 0.945. The number of rotatable bonds is 3. The van der Waals surface area contributed by atoms with Gasteiger partial charge in [0.05, 0.1) is 33.5 Å². The quantitative estimate of drug-likeness (QED) is 0.474. The van der Waals surface area contributed by atoms with E-state index in [-0.39, 0.29) is 22.6 Å². The normalized spacial score (nSPS) is 43.6. The predicted molar refractivity (Wildman–Crippen MR) is 117 cm³/mol. The molecule has 2 aliphatic heterocycles. The Balaban J connectivity index is 1.33. The molecular formula is C26H38O6. The minimum Gasteiger partial charge on any atom is -0.469 e. The van der Waals surface area contributed by atoms with E-state index < -0.39 is 5.79 Å². The third kappa shape index (κ3) is 2.88. The number of carbonyl (C=O) groups excluding carboxylic acids is 1. The summed E-state index contributed by atoms with van der Waals surface area (Å²) in [5.41, 5.74) is 1.64. The van der Waals surface area contributed by atoms with E-state index in [4.69, 9.17) is 23.7 Å². The van der Waals surface area contributed by atoms with E-state index in [0.717, 1.165) is 58.2 Å². The van der Waals surface area contributed by atoms with Crippen molar-refractivity contribution in [2.45, 2.75) is 82.7 Å². The van der Waals surface area contributed by atoms with Crippen molar-refractivity contribution in [2.75, 3.05) is 33.5 Å².